The second-order valence-electron chi connectivity index (χ2n) is 8.63. The van der Waals surface area contributed by atoms with Gasteiger partial charge in [0.15, 0.2) is 6.61 Å². The van der Waals surface area contributed by atoms with Crippen molar-refractivity contribution in [3.8, 4) is 0 Å². The Labute approximate surface area is 175 Å². The number of amides is 2. The first-order valence-electron chi connectivity index (χ1n) is 10.2. The lowest BCUT2D eigenvalue weighted by Crippen LogP contribution is -2.45. The topological polar surface area (TPSA) is 76.1 Å². The molecular weight excluding hydrogens is 392 g/mol. The van der Waals surface area contributed by atoms with E-state index in [0.29, 0.717) is 25.9 Å². The summed E-state index contributed by atoms with van der Waals surface area (Å²) in [4.78, 5) is 41.9. The molecule has 7 nitrogen and oxygen atoms in total. The number of hydrogen-bond acceptors (Lipinski definition) is 6. The summed E-state index contributed by atoms with van der Waals surface area (Å²) < 4.78 is 10.7. The van der Waals surface area contributed by atoms with Crippen LogP contribution in [0.4, 0.5) is 4.79 Å². The van der Waals surface area contributed by atoms with Crippen molar-refractivity contribution in [1.29, 1.82) is 0 Å². The van der Waals surface area contributed by atoms with Crippen molar-refractivity contribution in [1.82, 2.24) is 9.80 Å². The van der Waals surface area contributed by atoms with Gasteiger partial charge < -0.3 is 19.3 Å². The summed E-state index contributed by atoms with van der Waals surface area (Å²) in [6.07, 6.45) is 2.83. The molecule has 0 spiro atoms. The monoisotopic (exact) mass is 422 g/mol. The lowest BCUT2D eigenvalue weighted by Gasteiger charge is -2.33. The van der Waals surface area contributed by atoms with E-state index in [1.807, 2.05) is 43.2 Å². The van der Waals surface area contributed by atoms with Crippen LogP contribution in [0.3, 0.4) is 0 Å². The van der Waals surface area contributed by atoms with Gasteiger partial charge in [0.2, 0.25) is 0 Å². The maximum absolute atomic E-state index is 12.6. The predicted molar refractivity (Wildman–Crippen MR) is 109 cm³/mol. The van der Waals surface area contributed by atoms with Crippen LogP contribution < -0.4 is 0 Å². The number of thiophene rings is 1. The van der Waals surface area contributed by atoms with Crippen LogP contribution in [0.25, 0.3) is 0 Å². The predicted octanol–water partition coefficient (Wildman–Crippen LogP) is 3.60. The number of rotatable bonds is 4. The van der Waals surface area contributed by atoms with Gasteiger partial charge in [-0.25, -0.2) is 4.79 Å². The molecule has 3 rings (SSSR count). The van der Waals surface area contributed by atoms with Gasteiger partial charge >= 0.3 is 12.1 Å². The molecule has 2 aliphatic heterocycles. The van der Waals surface area contributed by atoms with Crippen LogP contribution in [0, 0.1) is 5.92 Å². The number of hydrogen-bond donors (Lipinski definition) is 0. The van der Waals surface area contributed by atoms with Crippen LogP contribution in [-0.4, -0.2) is 59.6 Å². The van der Waals surface area contributed by atoms with Crippen LogP contribution in [0.2, 0.25) is 0 Å². The average Bonchev–Trinajstić information content (AvgIpc) is 3.35. The Bertz CT molecular complexity index is 728. The Morgan fingerprint density at radius 1 is 1.17 bits per heavy atom. The maximum atomic E-state index is 12.6. The normalized spacial score (nSPS) is 22.4. The van der Waals surface area contributed by atoms with E-state index in [1.165, 1.54) is 4.88 Å². The number of piperidine rings is 1. The van der Waals surface area contributed by atoms with Crippen molar-refractivity contribution in [2.24, 2.45) is 5.92 Å². The zero-order chi connectivity index (χ0) is 21.0. The van der Waals surface area contributed by atoms with Gasteiger partial charge in [0.1, 0.15) is 5.60 Å². The van der Waals surface area contributed by atoms with Gasteiger partial charge in [0.25, 0.3) is 5.91 Å². The van der Waals surface area contributed by atoms with Crippen LogP contribution >= 0.6 is 11.3 Å². The summed E-state index contributed by atoms with van der Waals surface area (Å²) in [5, 5.41) is 2.01. The lowest BCUT2D eigenvalue weighted by molar-refractivity contribution is -0.157. The largest absolute Gasteiger partial charge is 0.455 e. The zero-order valence-electron chi connectivity index (χ0n) is 17.4. The highest BCUT2D eigenvalue weighted by molar-refractivity contribution is 7.10. The van der Waals surface area contributed by atoms with Crippen molar-refractivity contribution in [2.45, 2.75) is 58.1 Å². The Hall–Kier alpha value is -2.09. The smallest absolute Gasteiger partial charge is 0.410 e. The Morgan fingerprint density at radius 3 is 2.62 bits per heavy atom. The van der Waals surface area contributed by atoms with Gasteiger partial charge in [-0.2, -0.15) is 0 Å². The van der Waals surface area contributed by atoms with Crippen LogP contribution in [0.15, 0.2) is 17.5 Å². The van der Waals surface area contributed by atoms with E-state index in [4.69, 9.17) is 9.47 Å². The van der Waals surface area contributed by atoms with Gasteiger partial charge in [0.05, 0.1) is 12.0 Å². The summed E-state index contributed by atoms with van der Waals surface area (Å²) in [5.74, 6) is -0.997. The summed E-state index contributed by atoms with van der Waals surface area (Å²) in [6, 6.07) is 4.11. The molecule has 0 N–H and O–H groups in total. The van der Waals surface area contributed by atoms with E-state index in [9.17, 15) is 14.4 Å². The molecular formula is C21H30N2O5S. The van der Waals surface area contributed by atoms with Gasteiger partial charge in [-0.3, -0.25) is 9.59 Å². The molecule has 160 valence electrons. The van der Waals surface area contributed by atoms with Gasteiger partial charge in [-0.05, 0) is 57.9 Å². The van der Waals surface area contributed by atoms with Crippen LogP contribution in [0.5, 0.6) is 0 Å². The molecule has 29 heavy (non-hydrogen) atoms. The molecule has 2 amide bonds. The van der Waals surface area contributed by atoms with Gasteiger partial charge in [-0.15, -0.1) is 11.3 Å². The van der Waals surface area contributed by atoms with Crippen molar-refractivity contribution in [2.75, 3.05) is 26.2 Å². The lowest BCUT2D eigenvalue weighted by atomic mass is 9.98. The Balaban J connectivity index is 1.49. The Morgan fingerprint density at radius 2 is 1.93 bits per heavy atom. The second-order valence-corrected chi connectivity index (χ2v) is 9.61. The van der Waals surface area contributed by atoms with E-state index < -0.39 is 23.6 Å². The molecule has 1 aromatic rings. The molecule has 2 fully saturated rings. The van der Waals surface area contributed by atoms with E-state index in [0.717, 1.165) is 12.8 Å². The minimum Gasteiger partial charge on any atom is -0.455 e. The Kier molecular flexibility index (Phi) is 6.82. The number of likely N-dealkylation sites (tertiary alicyclic amines) is 2. The molecule has 2 saturated heterocycles. The fraction of sp³-hybridized carbons (Fsp3) is 0.667. The third-order valence-corrected chi connectivity index (χ3v) is 6.16. The third-order valence-electron chi connectivity index (χ3n) is 5.19. The number of carbonyl (C=O) groups is 3. The molecule has 2 atom stereocenters. The highest BCUT2D eigenvalue weighted by Crippen LogP contribution is 2.34. The summed E-state index contributed by atoms with van der Waals surface area (Å²) in [5.41, 5.74) is -0.578. The first-order valence-corrected chi connectivity index (χ1v) is 11.1. The first kappa shape index (κ1) is 21.6. The molecule has 0 saturated carbocycles. The van der Waals surface area contributed by atoms with E-state index in [1.54, 1.807) is 16.2 Å². The second kappa shape index (κ2) is 9.15. The van der Waals surface area contributed by atoms with E-state index in [-0.39, 0.29) is 25.1 Å². The van der Waals surface area contributed by atoms with Gasteiger partial charge in [-0.1, -0.05) is 6.07 Å². The first-order chi connectivity index (χ1) is 13.7. The van der Waals surface area contributed by atoms with E-state index >= 15 is 0 Å². The molecule has 0 bridgehead atoms. The number of ether oxygens (including phenoxy) is 2. The summed E-state index contributed by atoms with van der Waals surface area (Å²) >= 11 is 1.64. The van der Waals surface area contributed by atoms with Gasteiger partial charge in [0, 0.05) is 24.5 Å². The standard InChI is InChI=1S/C21H30N2O5S/c1-21(2,3)28-20(26)22-10-4-7-15(13-22)19(25)27-14-18(24)23-11-5-8-16(23)17-9-6-12-29-17/h6,9,12,15-16H,4-5,7-8,10-11,13-14H2,1-3H3. The van der Waals surface area contributed by atoms with Crippen LogP contribution in [0.1, 0.15) is 57.4 Å². The molecule has 1 aromatic heterocycles. The van der Waals surface area contributed by atoms with Crippen LogP contribution in [-0.2, 0) is 19.1 Å². The molecule has 2 unspecified atom stereocenters. The minimum atomic E-state index is -0.578. The maximum Gasteiger partial charge on any atom is 0.410 e. The van der Waals surface area contributed by atoms with Crippen molar-refractivity contribution < 1.29 is 23.9 Å². The third kappa shape index (κ3) is 5.72. The highest BCUT2D eigenvalue weighted by Gasteiger charge is 2.34. The SMILES string of the molecule is CC(C)(C)OC(=O)N1CCCC(C(=O)OCC(=O)N2CCCC2c2cccs2)C1. The minimum absolute atomic E-state index is 0.0820. The molecule has 0 aromatic carbocycles. The van der Waals surface area contributed by atoms with Crippen molar-refractivity contribution in [3.63, 3.8) is 0 Å². The van der Waals surface area contributed by atoms with Crippen molar-refractivity contribution in [3.05, 3.63) is 22.4 Å². The highest BCUT2D eigenvalue weighted by atomic mass is 32.1. The molecule has 0 radical (unpaired) electrons. The molecule has 3 heterocycles. The fourth-order valence-corrected chi connectivity index (χ4v) is 4.71. The number of esters is 1. The number of nitrogens with zero attached hydrogens (tertiary/aromatic N) is 2. The van der Waals surface area contributed by atoms with Crippen molar-refractivity contribution >= 4 is 29.3 Å². The summed E-state index contributed by atoms with van der Waals surface area (Å²) in [7, 11) is 0. The van der Waals surface area contributed by atoms with E-state index in [2.05, 4.69) is 0 Å². The molecule has 0 aliphatic carbocycles. The molecule has 8 heteroatoms. The fourth-order valence-electron chi connectivity index (χ4n) is 3.84. The molecule has 2 aliphatic rings. The quantitative estimate of drug-likeness (QED) is 0.693. The zero-order valence-corrected chi connectivity index (χ0v) is 18.2. The summed E-state index contributed by atoms with van der Waals surface area (Å²) in [6.45, 7) is 6.71. The number of carbonyl (C=O) groups excluding carboxylic acids is 3. The average molecular weight is 423 g/mol.